The summed E-state index contributed by atoms with van der Waals surface area (Å²) in [5.41, 5.74) is 0.669. The molecule has 0 radical (unpaired) electrons. The molecule has 392 valence electrons. The number of fused-ring (bicyclic) bond motifs is 2. The van der Waals surface area contributed by atoms with Gasteiger partial charge >= 0.3 is 37.7 Å². The van der Waals surface area contributed by atoms with E-state index in [-0.39, 0.29) is 93.6 Å². The van der Waals surface area contributed by atoms with Crippen LogP contribution in [0.25, 0.3) is 21.5 Å². The Balaban J connectivity index is 0.000000246. The zero-order valence-corrected chi connectivity index (χ0v) is 46.9. The van der Waals surface area contributed by atoms with Crippen LogP contribution in [0.15, 0.2) is 164 Å². The molecule has 0 atom stereocenters. The Kier molecular flexibility index (Phi) is 20.2. The van der Waals surface area contributed by atoms with Gasteiger partial charge in [0.2, 0.25) is 0 Å². The normalized spacial score (nSPS) is 11.5. The Morgan fingerprint density at radius 1 is 0.571 bits per heavy atom. The van der Waals surface area contributed by atoms with Gasteiger partial charge in [0, 0.05) is 37.8 Å². The molecule has 0 fully saturated rings. The maximum Gasteiger partial charge on any atom is 2.00 e. The summed E-state index contributed by atoms with van der Waals surface area (Å²) < 4.78 is 80.2. The van der Waals surface area contributed by atoms with Gasteiger partial charge < -0.3 is 34.9 Å². The Bertz CT molecular complexity index is 3560. The van der Waals surface area contributed by atoms with Crippen LogP contribution in [-0.4, -0.2) is 93.8 Å². The fourth-order valence-corrected chi connectivity index (χ4v) is 9.71. The number of hydrogen-bond donors (Lipinski definition) is 4. The topological polar surface area (TPSA) is 281 Å². The molecule has 0 saturated carbocycles. The second-order valence-electron chi connectivity index (χ2n) is 16.3. The number of phenols is 1. The second-order valence-corrected chi connectivity index (χ2v) is 19.8. The molecule has 8 aromatic carbocycles. The number of ether oxygens (including phenoxy) is 2. The number of azo groups is 2. The van der Waals surface area contributed by atoms with E-state index >= 15 is 0 Å². The van der Waals surface area contributed by atoms with Gasteiger partial charge in [-0.2, -0.15) is 13.5 Å². The van der Waals surface area contributed by atoms with Crippen LogP contribution < -0.4 is 25.2 Å². The van der Waals surface area contributed by atoms with Gasteiger partial charge in [-0.3, -0.25) is 14.1 Å². The van der Waals surface area contributed by atoms with E-state index in [0.717, 1.165) is 12.1 Å². The number of halogens is 2. The SMILES string of the molecule is CCOc1ccc(NC(=O)c2cc3ccccc3c(N=Nc3c(S(=O)(=O)O)ccc(Cl)c3CC)c2O)cc1.CCOc1ccc(NC(=O)c2cc3ccccc3c(N=Nc3c(S(=O)(=O)[O-])ccc(Cl)c3CC)c2[O-])cc1.[Ca+2]. The summed E-state index contributed by atoms with van der Waals surface area (Å²) >= 11 is 12.5. The summed E-state index contributed by atoms with van der Waals surface area (Å²) in [6.07, 6.45) is 0.555. The molecule has 23 heteroatoms. The zero-order chi connectivity index (χ0) is 54.9. The summed E-state index contributed by atoms with van der Waals surface area (Å²) in [6.45, 7) is 8.18. The van der Waals surface area contributed by atoms with Crippen molar-refractivity contribution in [2.24, 2.45) is 20.5 Å². The van der Waals surface area contributed by atoms with E-state index in [4.69, 9.17) is 32.7 Å². The van der Waals surface area contributed by atoms with Gasteiger partial charge in [0.1, 0.15) is 43.6 Å². The molecule has 2 amide bonds. The van der Waals surface area contributed by atoms with Gasteiger partial charge in [-0.1, -0.05) is 91.3 Å². The van der Waals surface area contributed by atoms with Crippen molar-refractivity contribution < 1.29 is 55.2 Å². The van der Waals surface area contributed by atoms with E-state index in [1.54, 1.807) is 111 Å². The van der Waals surface area contributed by atoms with Crippen LogP contribution in [0.4, 0.5) is 34.1 Å². The maximum atomic E-state index is 13.4. The van der Waals surface area contributed by atoms with E-state index < -0.39 is 53.3 Å². The molecular formula is C54H46CaCl2N6O12S2. The first-order valence-electron chi connectivity index (χ1n) is 23.2. The number of nitrogens with zero attached hydrogens (tertiary/aromatic N) is 4. The van der Waals surface area contributed by atoms with Crippen LogP contribution in [0, 0.1) is 0 Å². The minimum atomic E-state index is -4.92. The summed E-state index contributed by atoms with van der Waals surface area (Å²) in [6, 6.07) is 34.9. The zero-order valence-electron chi connectivity index (χ0n) is 41.6. The Hall–Kier alpha value is -6.72. The molecule has 0 aliphatic rings. The molecule has 0 aliphatic heterocycles. The van der Waals surface area contributed by atoms with Crippen LogP contribution in [0.3, 0.4) is 0 Å². The quantitative estimate of drug-likeness (QED) is 0.0399. The molecular weight excluding hydrogens is 1100 g/mol. The molecule has 0 aromatic heterocycles. The van der Waals surface area contributed by atoms with Crippen LogP contribution in [-0.2, 0) is 33.1 Å². The summed E-state index contributed by atoms with van der Waals surface area (Å²) in [7, 11) is -9.57. The molecule has 0 unspecified atom stereocenters. The van der Waals surface area contributed by atoms with Gasteiger partial charge in [-0.25, -0.2) is 8.42 Å². The third-order valence-corrected chi connectivity index (χ3v) is 13.9. The van der Waals surface area contributed by atoms with Crippen LogP contribution in [0.1, 0.15) is 59.5 Å². The Morgan fingerprint density at radius 3 is 1.43 bits per heavy atom. The van der Waals surface area contributed by atoms with Crippen LogP contribution in [0.5, 0.6) is 23.0 Å². The van der Waals surface area contributed by atoms with Crippen molar-refractivity contribution in [1.29, 1.82) is 0 Å². The number of carbonyl (C=O) groups is 2. The van der Waals surface area contributed by atoms with E-state index in [0.29, 0.717) is 69.6 Å². The summed E-state index contributed by atoms with van der Waals surface area (Å²) in [4.78, 5) is 25.2. The summed E-state index contributed by atoms with van der Waals surface area (Å²) in [5.74, 6) is -1.15. The van der Waals surface area contributed by atoms with Gasteiger partial charge in [0.15, 0.2) is 5.75 Å². The van der Waals surface area contributed by atoms with Gasteiger partial charge in [0.05, 0.1) is 29.4 Å². The summed E-state index contributed by atoms with van der Waals surface area (Å²) in [5, 5.41) is 48.7. The van der Waals surface area contributed by atoms with Crippen molar-refractivity contribution in [3.8, 4) is 23.0 Å². The van der Waals surface area contributed by atoms with Gasteiger partial charge in [-0.05, 0) is 134 Å². The molecule has 18 nitrogen and oxygen atoms in total. The van der Waals surface area contributed by atoms with Crippen molar-refractivity contribution in [3.63, 3.8) is 0 Å². The number of aromatic hydroxyl groups is 1. The molecule has 4 N–H and O–H groups in total. The minimum Gasteiger partial charge on any atom is -0.870 e. The standard InChI is InChI=1S/2C27H24ClN3O6S.Ca/c2*1-3-19-22(28)13-14-23(38(34,35)36)24(19)30-31-25-20-8-6-5-7-16(20)15-21(26(25)32)27(33)29-17-9-11-18(12-10-17)37-4-2;/h2*5-15,32H,3-4H2,1-2H3,(H,29,33)(H,34,35,36);/q;;+2/p-2. The third kappa shape index (κ3) is 14.1. The minimum absolute atomic E-state index is 0. The molecule has 0 spiro atoms. The second kappa shape index (κ2) is 26.1. The monoisotopic (exact) mass is 1140 g/mol. The van der Waals surface area contributed by atoms with Crippen LogP contribution >= 0.6 is 23.2 Å². The maximum absolute atomic E-state index is 13.4. The molecule has 77 heavy (non-hydrogen) atoms. The van der Waals surface area contributed by atoms with E-state index in [9.17, 15) is 45.7 Å². The predicted octanol–water partition coefficient (Wildman–Crippen LogP) is 12.8. The Labute approximate surface area is 483 Å². The smallest absolute Gasteiger partial charge is 0.870 e. The number of benzene rings is 8. The number of phenolic OH excluding ortho intramolecular Hbond substituents is 1. The first-order valence-corrected chi connectivity index (χ1v) is 26.8. The Morgan fingerprint density at radius 2 is 0.974 bits per heavy atom. The van der Waals surface area contributed by atoms with Crippen molar-refractivity contribution >= 4 is 149 Å². The third-order valence-electron chi connectivity index (χ3n) is 11.4. The first-order chi connectivity index (χ1) is 36.3. The molecule has 0 saturated heterocycles. The van der Waals surface area contributed by atoms with Crippen molar-refractivity contribution in [3.05, 3.63) is 166 Å². The number of nitrogens with one attached hydrogen (secondary N) is 2. The number of anilines is 2. The first kappa shape index (κ1) is 59.5. The van der Waals surface area contributed by atoms with Crippen molar-refractivity contribution in [2.75, 3.05) is 23.8 Å². The van der Waals surface area contributed by atoms with Crippen molar-refractivity contribution in [1.82, 2.24) is 0 Å². The van der Waals surface area contributed by atoms with E-state index in [1.165, 1.54) is 24.3 Å². The van der Waals surface area contributed by atoms with E-state index in [2.05, 4.69) is 31.1 Å². The van der Waals surface area contributed by atoms with Gasteiger partial charge in [0.25, 0.3) is 21.9 Å². The van der Waals surface area contributed by atoms with Gasteiger partial charge in [-0.15, -0.1) is 15.3 Å². The number of rotatable bonds is 16. The molecule has 0 aliphatic carbocycles. The van der Waals surface area contributed by atoms with E-state index in [1.807, 2.05) is 13.8 Å². The van der Waals surface area contributed by atoms with Crippen molar-refractivity contribution in [2.45, 2.75) is 50.3 Å². The van der Waals surface area contributed by atoms with Crippen LogP contribution in [0.2, 0.25) is 10.0 Å². The molecule has 8 rings (SSSR count). The fourth-order valence-electron chi connectivity index (χ4n) is 7.85. The molecule has 0 heterocycles. The largest absolute Gasteiger partial charge is 2.00 e. The molecule has 0 bridgehead atoms. The predicted molar refractivity (Wildman–Crippen MR) is 294 cm³/mol. The number of carbonyl (C=O) groups excluding carboxylic acids is 2. The molecule has 8 aromatic rings. The number of hydrogen-bond acceptors (Lipinski definition) is 15. The average Bonchev–Trinajstić information content (AvgIpc) is 3.39. The fraction of sp³-hybridized carbons (Fsp3) is 0.148. The number of amides is 2. The average molecular weight is 1150 g/mol.